The zero-order valence-corrected chi connectivity index (χ0v) is 12.7. The van der Waals surface area contributed by atoms with Gasteiger partial charge in [-0.1, -0.05) is 0 Å². The van der Waals surface area contributed by atoms with Crippen molar-refractivity contribution in [2.24, 2.45) is 0 Å². The van der Waals surface area contributed by atoms with Crippen LogP contribution in [0.3, 0.4) is 0 Å². The lowest BCUT2D eigenvalue weighted by Gasteiger charge is -2.26. The number of anilines is 1. The molecule has 1 atom stereocenters. The minimum absolute atomic E-state index is 0.353. The second-order valence-corrected chi connectivity index (χ2v) is 5.63. The van der Waals surface area contributed by atoms with Crippen LogP contribution < -0.4 is 4.90 Å². The first-order chi connectivity index (χ1) is 11.4. The highest BCUT2D eigenvalue weighted by molar-refractivity contribution is 5.46. The summed E-state index contributed by atoms with van der Waals surface area (Å²) >= 11 is 0. The normalized spacial score (nSPS) is 17.9. The fourth-order valence-corrected chi connectivity index (χ4v) is 3.05. The van der Waals surface area contributed by atoms with E-state index in [1.807, 2.05) is 18.2 Å². The SMILES string of the molecule is c1cc(COC[C@H]2CCCN2c2ccnc3ncnn23)ccn1. The van der Waals surface area contributed by atoms with Gasteiger partial charge in [0.15, 0.2) is 0 Å². The molecule has 3 aromatic heterocycles. The number of fused-ring (bicyclic) bond motifs is 1. The highest BCUT2D eigenvalue weighted by Gasteiger charge is 2.27. The lowest BCUT2D eigenvalue weighted by molar-refractivity contribution is 0.108. The number of hydrogen-bond acceptors (Lipinski definition) is 6. The molecule has 4 rings (SSSR count). The summed E-state index contributed by atoms with van der Waals surface area (Å²) in [6, 6.07) is 6.30. The molecule has 0 saturated carbocycles. The molecule has 0 bridgehead atoms. The van der Waals surface area contributed by atoms with Gasteiger partial charge in [0.25, 0.3) is 5.78 Å². The highest BCUT2D eigenvalue weighted by atomic mass is 16.5. The van der Waals surface area contributed by atoms with Crippen LogP contribution in [0.1, 0.15) is 18.4 Å². The summed E-state index contributed by atoms with van der Waals surface area (Å²) < 4.78 is 7.71. The molecule has 0 radical (unpaired) electrons. The molecule has 7 heteroatoms. The molecular weight excluding hydrogens is 292 g/mol. The molecule has 23 heavy (non-hydrogen) atoms. The topological polar surface area (TPSA) is 68.4 Å². The maximum Gasteiger partial charge on any atom is 0.254 e. The largest absolute Gasteiger partial charge is 0.375 e. The number of ether oxygens (including phenoxy) is 1. The molecule has 0 unspecified atom stereocenters. The maximum absolute atomic E-state index is 5.92. The van der Waals surface area contributed by atoms with Gasteiger partial charge in [-0.05, 0) is 36.6 Å². The molecule has 0 aromatic carbocycles. The molecule has 1 fully saturated rings. The zero-order chi connectivity index (χ0) is 15.5. The van der Waals surface area contributed by atoms with E-state index in [1.165, 1.54) is 6.33 Å². The van der Waals surface area contributed by atoms with Crippen molar-refractivity contribution < 1.29 is 4.74 Å². The van der Waals surface area contributed by atoms with Crippen LogP contribution >= 0.6 is 0 Å². The third-order valence-corrected chi connectivity index (χ3v) is 4.16. The molecule has 1 saturated heterocycles. The predicted molar refractivity (Wildman–Crippen MR) is 85.0 cm³/mol. The summed E-state index contributed by atoms with van der Waals surface area (Å²) in [6.07, 6.45) is 9.18. The van der Waals surface area contributed by atoms with E-state index in [1.54, 1.807) is 23.1 Å². The number of nitrogens with zero attached hydrogens (tertiary/aromatic N) is 6. The molecule has 0 aliphatic carbocycles. The van der Waals surface area contributed by atoms with Gasteiger partial charge in [-0.3, -0.25) is 4.98 Å². The van der Waals surface area contributed by atoms with Crippen molar-refractivity contribution in [1.29, 1.82) is 0 Å². The smallest absolute Gasteiger partial charge is 0.254 e. The zero-order valence-electron chi connectivity index (χ0n) is 12.7. The Labute approximate surface area is 134 Å². The molecule has 1 aliphatic heterocycles. The molecule has 0 amide bonds. The number of pyridine rings is 1. The van der Waals surface area contributed by atoms with Crippen LogP contribution in [-0.4, -0.2) is 43.8 Å². The van der Waals surface area contributed by atoms with Crippen molar-refractivity contribution in [3.8, 4) is 0 Å². The lowest BCUT2D eigenvalue weighted by atomic mass is 10.2. The molecule has 118 valence electrons. The van der Waals surface area contributed by atoms with Crippen LogP contribution in [0.4, 0.5) is 5.82 Å². The van der Waals surface area contributed by atoms with Crippen molar-refractivity contribution >= 4 is 11.6 Å². The lowest BCUT2D eigenvalue weighted by Crippen LogP contribution is -2.34. The van der Waals surface area contributed by atoms with Gasteiger partial charge in [0.05, 0.1) is 19.3 Å². The second kappa shape index (κ2) is 6.29. The van der Waals surface area contributed by atoms with E-state index in [-0.39, 0.29) is 0 Å². The summed E-state index contributed by atoms with van der Waals surface area (Å²) in [5.41, 5.74) is 1.15. The van der Waals surface area contributed by atoms with Gasteiger partial charge in [-0.2, -0.15) is 14.6 Å². The second-order valence-electron chi connectivity index (χ2n) is 5.63. The first kappa shape index (κ1) is 14.1. The van der Waals surface area contributed by atoms with Crippen molar-refractivity contribution in [3.63, 3.8) is 0 Å². The van der Waals surface area contributed by atoms with E-state index < -0.39 is 0 Å². The Morgan fingerprint density at radius 2 is 2.04 bits per heavy atom. The Hall–Kier alpha value is -2.54. The monoisotopic (exact) mass is 310 g/mol. The fraction of sp³-hybridized carbons (Fsp3) is 0.375. The maximum atomic E-state index is 5.92. The third kappa shape index (κ3) is 2.87. The van der Waals surface area contributed by atoms with Gasteiger partial charge in [0.1, 0.15) is 12.1 Å². The Morgan fingerprint density at radius 1 is 1.13 bits per heavy atom. The first-order valence-electron chi connectivity index (χ1n) is 7.80. The van der Waals surface area contributed by atoms with Gasteiger partial charge in [-0.15, -0.1) is 0 Å². The first-order valence-corrected chi connectivity index (χ1v) is 7.80. The Balaban J connectivity index is 1.45. The van der Waals surface area contributed by atoms with Crippen LogP contribution in [0.15, 0.2) is 43.1 Å². The van der Waals surface area contributed by atoms with E-state index >= 15 is 0 Å². The van der Waals surface area contributed by atoms with Gasteiger partial charge in [0.2, 0.25) is 0 Å². The summed E-state index contributed by atoms with van der Waals surface area (Å²) in [5.74, 6) is 1.66. The van der Waals surface area contributed by atoms with E-state index in [9.17, 15) is 0 Å². The van der Waals surface area contributed by atoms with E-state index in [0.717, 1.165) is 30.8 Å². The van der Waals surface area contributed by atoms with Crippen molar-refractivity contribution in [2.75, 3.05) is 18.1 Å². The summed E-state index contributed by atoms with van der Waals surface area (Å²) in [5, 5.41) is 4.28. The van der Waals surface area contributed by atoms with Crippen LogP contribution in [0.5, 0.6) is 0 Å². The Morgan fingerprint density at radius 3 is 2.96 bits per heavy atom. The highest BCUT2D eigenvalue weighted by Crippen LogP contribution is 2.25. The number of rotatable bonds is 5. The standard InChI is InChI=1S/C16H18N6O/c1-2-14(11-23-10-13-3-6-17-7-4-13)21(9-1)15-5-8-18-16-19-12-20-22(15)16/h3-8,12,14H,1-2,9-11H2/t14-/m1/s1. The van der Waals surface area contributed by atoms with Gasteiger partial charge < -0.3 is 9.64 Å². The van der Waals surface area contributed by atoms with Gasteiger partial charge in [-0.25, -0.2) is 4.98 Å². The fourth-order valence-electron chi connectivity index (χ4n) is 3.05. The quantitative estimate of drug-likeness (QED) is 0.714. The molecule has 3 aromatic rings. The molecular formula is C16H18N6O. The van der Waals surface area contributed by atoms with E-state index in [4.69, 9.17) is 4.74 Å². The van der Waals surface area contributed by atoms with Crippen molar-refractivity contribution in [2.45, 2.75) is 25.5 Å². The number of aromatic nitrogens is 5. The van der Waals surface area contributed by atoms with Crippen LogP contribution in [0, 0.1) is 0 Å². The predicted octanol–water partition coefficient (Wildman–Crippen LogP) is 1.70. The number of hydrogen-bond donors (Lipinski definition) is 0. The van der Waals surface area contributed by atoms with Crippen molar-refractivity contribution in [3.05, 3.63) is 48.7 Å². The molecule has 0 spiro atoms. The van der Waals surface area contributed by atoms with Crippen LogP contribution in [0.25, 0.3) is 5.78 Å². The van der Waals surface area contributed by atoms with Crippen LogP contribution in [0.2, 0.25) is 0 Å². The summed E-state index contributed by atoms with van der Waals surface area (Å²) in [7, 11) is 0. The molecule has 4 heterocycles. The summed E-state index contributed by atoms with van der Waals surface area (Å²) in [6.45, 7) is 2.31. The Kier molecular flexibility index (Phi) is 3.85. The molecule has 7 nitrogen and oxygen atoms in total. The summed E-state index contributed by atoms with van der Waals surface area (Å²) in [4.78, 5) is 14.7. The van der Waals surface area contributed by atoms with Gasteiger partial charge in [0, 0.05) is 25.1 Å². The minimum atomic E-state index is 0.353. The molecule has 0 N–H and O–H groups in total. The van der Waals surface area contributed by atoms with Crippen LogP contribution in [-0.2, 0) is 11.3 Å². The Bertz CT molecular complexity index is 774. The average molecular weight is 310 g/mol. The van der Waals surface area contributed by atoms with Gasteiger partial charge >= 0.3 is 0 Å². The molecule has 1 aliphatic rings. The third-order valence-electron chi connectivity index (χ3n) is 4.16. The van der Waals surface area contributed by atoms with E-state index in [2.05, 4.69) is 25.0 Å². The van der Waals surface area contributed by atoms with Crippen molar-refractivity contribution in [1.82, 2.24) is 24.6 Å². The van der Waals surface area contributed by atoms with E-state index in [0.29, 0.717) is 25.0 Å². The average Bonchev–Trinajstić information content (AvgIpc) is 3.24. The minimum Gasteiger partial charge on any atom is -0.375 e.